The van der Waals surface area contributed by atoms with Crippen LogP contribution in [0.2, 0.25) is 0 Å². The molecule has 6 heteroatoms. The molecule has 1 aromatic rings. The van der Waals surface area contributed by atoms with E-state index in [1.54, 1.807) is 11.3 Å². The van der Waals surface area contributed by atoms with Gasteiger partial charge in [-0.15, -0.1) is 11.3 Å². The van der Waals surface area contributed by atoms with Crippen LogP contribution in [0, 0.1) is 5.92 Å². The second-order valence-corrected chi connectivity index (χ2v) is 7.83. The number of thiazole rings is 1. The maximum Gasteiger partial charge on any atom is 0.150 e. The fraction of sp³-hybridized carbons (Fsp3) is 0.727. The fourth-order valence-corrected chi connectivity index (χ4v) is 4.91. The van der Waals surface area contributed by atoms with Crippen LogP contribution >= 0.6 is 11.3 Å². The van der Waals surface area contributed by atoms with E-state index in [1.807, 2.05) is 18.6 Å². The summed E-state index contributed by atoms with van der Waals surface area (Å²) in [6.45, 7) is 0. The number of nitrogens with zero attached hydrogens (tertiary/aromatic N) is 1. The van der Waals surface area contributed by atoms with Gasteiger partial charge in [-0.25, -0.2) is 13.4 Å². The van der Waals surface area contributed by atoms with Crippen LogP contribution in [0.3, 0.4) is 0 Å². The first-order valence-corrected chi connectivity index (χ1v) is 8.55. The standard InChI is InChI=1S/C11H18N2O2S2/c1-12-10(7-11-13-3-4-16-11)6-9-2-5-17(14,15)8-9/h3-4,9-10,12H,2,5-8H2,1H3. The molecule has 2 heterocycles. The minimum absolute atomic E-state index is 0.317. The van der Waals surface area contributed by atoms with E-state index in [0.29, 0.717) is 23.5 Å². The second-order valence-electron chi connectivity index (χ2n) is 4.62. The topological polar surface area (TPSA) is 59.1 Å². The third kappa shape index (κ3) is 3.76. The van der Waals surface area contributed by atoms with E-state index in [-0.39, 0.29) is 0 Å². The molecule has 0 aliphatic carbocycles. The molecule has 1 saturated heterocycles. The minimum Gasteiger partial charge on any atom is -0.317 e. The number of rotatable bonds is 5. The quantitative estimate of drug-likeness (QED) is 0.873. The van der Waals surface area contributed by atoms with E-state index in [1.165, 1.54) is 0 Å². The first-order valence-electron chi connectivity index (χ1n) is 5.85. The number of hydrogen-bond acceptors (Lipinski definition) is 5. The Morgan fingerprint density at radius 2 is 2.47 bits per heavy atom. The van der Waals surface area contributed by atoms with Crippen LogP contribution < -0.4 is 5.32 Å². The van der Waals surface area contributed by atoms with Gasteiger partial charge in [-0.2, -0.15) is 0 Å². The molecule has 17 heavy (non-hydrogen) atoms. The van der Waals surface area contributed by atoms with E-state index in [2.05, 4.69) is 10.3 Å². The summed E-state index contributed by atoms with van der Waals surface area (Å²) in [5, 5.41) is 6.36. The van der Waals surface area contributed by atoms with Gasteiger partial charge in [0.05, 0.1) is 16.5 Å². The lowest BCUT2D eigenvalue weighted by Crippen LogP contribution is -2.30. The molecule has 0 bridgehead atoms. The summed E-state index contributed by atoms with van der Waals surface area (Å²) in [6, 6.07) is 0.333. The van der Waals surface area contributed by atoms with Crippen LogP contribution in [0.4, 0.5) is 0 Å². The Labute approximate surface area is 106 Å². The molecule has 0 amide bonds. The largest absolute Gasteiger partial charge is 0.317 e. The maximum atomic E-state index is 11.4. The van der Waals surface area contributed by atoms with Crippen molar-refractivity contribution < 1.29 is 8.42 Å². The number of aromatic nitrogens is 1. The average molecular weight is 274 g/mol. The summed E-state index contributed by atoms with van der Waals surface area (Å²) in [5.41, 5.74) is 0. The Kier molecular flexibility index (Phi) is 4.17. The van der Waals surface area contributed by atoms with Crippen molar-refractivity contribution in [2.24, 2.45) is 5.92 Å². The normalized spacial score (nSPS) is 24.9. The zero-order valence-electron chi connectivity index (χ0n) is 9.93. The highest BCUT2D eigenvalue weighted by molar-refractivity contribution is 7.91. The first-order chi connectivity index (χ1) is 8.09. The van der Waals surface area contributed by atoms with Crippen molar-refractivity contribution in [2.45, 2.75) is 25.3 Å². The van der Waals surface area contributed by atoms with Crippen LogP contribution in [0.5, 0.6) is 0 Å². The molecule has 0 radical (unpaired) electrons. The van der Waals surface area contributed by atoms with Crippen molar-refractivity contribution in [3.8, 4) is 0 Å². The Bertz CT molecular complexity index is 442. The molecule has 2 rings (SSSR count). The lowest BCUT2D eigenvalue weighted by atomic mass is 9.98. The summed E-state index contributed by atoms with van der Waals surface area (Å²) in [4.78, 5) is 4.27. The van der Waals surface area contributed by atoms with Gasteiger partial charge in [0.1, 0.15) is 0 Å². The summed E-state index contributed by atoms with van der Waals surface area (Å²) < 4.78 is 22.8. The Balaban J connectivity index is 1.88. The number of nitrogens with one attached hydrogen (secondary N) is 1. The van der Waals surface area contributed by atoms with Gasteiger partial charge in [0.15, 0.2) is 9.84 Å². The number of sulfone groups is 1. The maximum absolute atomic E-state index is 11.4. The summed E-state index contributed by atoms with van der Waals surface area (Å²) in [6.07, 6.45) is 4.45. The Hall–Kier alpha value is -0.460. The highest BCUT2D eigenvalue weighted by atomic mass is 32.2. The Morgan fingerprint density at radius 3 is 3.00 bits per heavy atom. The van der Waals surface area contributed by atoms with E-state index in [4.69, 9.17) is 0 Å². The lowest BCUT2D eigenvalue weighted by molar-refractivity contribution is 0.423. The molecule has 1 fully saturated rings. The third-order valence-electron chi connectivity index (χ3n) is 3.26. The molecule has 1 N–H and O–H groups in total. The fourth-order valence-electron chi connectivity index (χ4n) is 2.33. The predicted molar refractivity (Wildman–Crippen MR) is 70.0 cm³/mol. The van der Waals surface area contributed by atoms with Crippen molar-refractivity contribution in [3.05, 3.63) is 16.6 Å². The van der Waals surface area contributed by atoms with Crippen molar-refractivity contribution in [3.63, 3.8) is 0 Å². The van der Waals surface area contributed by atoms with Crippen molar-refractivity contribution >= 4 is 21.2 Å². The van der Waals surface area contributed by atoms with Gasteiger partial charge < -0.3 is 5.32 Å². The predicted octanol–water partition coefficient (Wildman–Crippen LogP) is 1.10. The zero-order valence-corrected chi connectivity index (χ0v) is 11.6. The summed E-state index contributed by atoms with van der Waals surface area (Å²) in [7, 11) is -0.820. The zero-order chi connectivity index (χ0) is 12.3. The van der Waals surface area contributed by atoms with Crippen molar-refractivity contribution in [1.29, 1.82) is 0 Å². The Morgan fingerprint density at radius 1 is 1.65 bits per heavy atom. The molecular weight excluding hydrogens is 256 g/mol. The van der Waals surface area contributed by atoms with Crippen molar-refractivity contribution in [2.75, 3.05) is 18.6 Å². The van der Waals surface area contributed by atoms with Crippen LogP contribution in [-0.2, 0) is 16.3 Å². The molecule has 2 atom stereocenters. The van der Waals surface area contributed by atoms with E-state index < -0.39 is 9.84 Å². The molecule has 0 saturated carbocycles. The first kappa shape index (κ1) is 13.0. The smallest absolute Gasteiger partial charge is 0.150 e. The molecule has 0 aromatic carbocycles. The highest BCUT2D eigenvalue weighted by Crippen LogP contribution is 2.24. The van der Waals surface area contributed by atoms with Gasteiger partial charge in [0.2, 0.25) is 0 Å². The molecule has 1 aliphatic heterocycles. The van der Waals surface area contributed by atoms with Crippen LogP contribution in [-0.4, -0.2) is 38.0 Å². The van der Waals surface area contributed by atoms with Gasteiger partial charge in [-0.1, -0.05) is 0 Å². The average Bonchev–Trinajstić information content (AvgIpc) is 2.87. The monoisotopic (exact) mass is 274 g/mol. The van der Waals surface area contributed by atoms with Gasteiger partial charge in [-0.3, -0.25) is 0 Å². The van der Waals surface area contributed by atoms with E-state index >= 15 is 0 Å². The molecule has 4 nitrogen and oxygen atoms in total. The van der Waals surface area contributed by atoms with E-state index in [9.17, 15) is 8.42 Å². The molecule has 96 valence electrons. The van der Waals surface area contributed by atoms with Gasteiger partial charge in [0, 0.05) is 24.0 Å². The lowest BCUT2D eigenvalue weighted by Gasteiger charge is -2.18. The minimum atomic E-state index is -2.75. The van der Waals surface area contributed by atoms with Gasteiger partial charge in [0.25, 0.3) is 0 Å². The number of hydrogen-bond donors (Lipinski definition) is 1. The SMILES string of the molecule is CNC(Cc1nccs1)CC1CCS(=O)(=O)C1. The summed E-state index contributed by atoms with van der Waals surface area (Å²) in [5.74, 6) is 1.05. The van der Waals surface area contributed by atoms with Crippen molar-refractivity contribution in [1.82, 2.24) is 10.3 Å². The number of likely N-dealkylation sites (N-methyl/N-ethyl adjacent to an activating group) is 1. The van der Waals surface area contributed by atoms with Crippen LogP contribution in [0.15, 0.2) is 11.6 Å². The molecule has 0 spiro atoms. The molecular formula is C11H18N2O2S2. The van der Waals surface area contributed by atoms with Gasteiger partial charge >= 0.3 is 0 Å². The van der Waals surface area contributed by atoms with Crippen LogP contribution in [0.25, 0.3) is 0 Å². The third-order valence-corrected chi connectivity index (χ3v) is 5.90. The van der Waals surface area contributed by atoms with Crippen LogP contribution in [0.1, 0.15) is 17.8 Å². The van der Waals surface area contributed by atoms with Gasteiger partial charge in [-0.05, 0) is 25.8 Å². The molecule has 1 aromatic heterocycles. The molecule has 2 unspecified atom stereocenters. The molecule has 1 aliphatic rings. The second kappa shape index (κ2) is 5.46. The highest BCUT2D eigenvalue weighted by Gasteiger charge is 2.29. The summed E-state index contributed by atoms with van der Waals surface area (Å²) >= 11 is 1.65. The van der Waals surface area contributed by atoms with E-state index in [0.717, 1.165) is 24.3 Å².